The van der Waals surface area contributed by atoms with E-state index in [9.17, 15) is 4.79 Å². The third-order valence-electron chi connectivity index (χ3n) is 2.88. The van der Waals surface area contributed by atoms with Crippen molar-refractivity contribution >= 4 is 5.91 Å². The molecule has 3 N–H and O–H groups in total. The van der Waals surface area contributed by atoms with Crippen LogP contribution >= 0.6 is 0 Å². The van der Waals surface area contributed by atoms with Crippen molar-refractivity contribution in [3.05, 3.63) is 0 Å². The van der Waals surface area contributed by atoms with E-state index in [2.05, 4.69) is 11.4 Å². The molecule has 4 heteroatoms. The molecule has 0 saturated heterocycles. The first-order valence-corrected chi connectivity index (χ1v) is 5.50. The Morgan fingerprint density at radius 3 is 2.33 bits per heavy atom. The molecular weight excluding hydrogens is 190 g/mol. The zero-order valence-electron chi connectivity index (χ0n) is 9.84. The van der Waals surface area contributed by atoms with E-state index in [-0.39, 0.29) is 11.9 Å². The normalized spacial score (nSPS) is 13.0. The minimum atomic E-state index is -0.789. The Labute approximate surface area is 91.8 Å². The fraction of sp³-hybridized carbons (Fsp3) is 0.818. The lowest BCUT2D eigenvalue weighted by atomic mass is 9.92. The van der Waals surface area contributed by atoms with Gasteiger partial charge in [0.05, 0.1) is 18.0 Å². The van der Waals surface area contributed by atoms with Crippen molar-refractivity contribution in [2.45, 2.75) is 58.0 Å². The molecule has 0 aromatic carbocycles. The minimum absolute atomic E-state index is 0.0801. The number of nitriles is 1. The van der Waals surface area contributed by atoms with Crippen molar-refractivity contribution in [3.63, 3.8) is 0 Å². The molecule has 0 radical (unpaired) electrons. The predicted octanol–water partition coefficient (Wildman–Crippen LogP) is 1.31. The molecule has 4 nitrogen and oxygen atoms in total. The van der Waals surface area contributed by atoms with Crippen molar-refractivity contribution in [2.24, 2.45) is 5.73 Å². The molecule has 0 aliphatic rings. The van der Waals surface area contributed by atoms with E-state index in [1.54, 1.807) is 0 Å². The number of hydrogen-bond acceptors (Lipinski definition) is 3. The lowest BCUT2D eigenvalue weighted by Gasteiger charge is -2.27. The molecule has 0 fully saturated rings. The van der Waals surface area contributed by atoms with Crippen LogP contribution in [0.5, 0.6) is 0 Å². The summed E-state index contributed by atoms with van der Waals surface area (Å²) in [5.74, 6) is -0.144. The number of hydrogen-bond donors (Lipinski definition) is 2. The van der Waals surface area contributed by atoms with E-state index in [1.807, 2.05) is 20.8 Å². The average molecular weight is 211 g/mol. The predicted molar refractivity (Wildman–Crippen MR) is 60.0 cm³/mol. The summed E-state index contributed by atoms with van der Waals surface area (Å²) < 4.78 is 0. The third kappa shape index (κ3) is 3.88. The lowest BCUT2D eigenvalue weighted by Crippen LogP contribution is -2.55. The maximum absolute atomic E-state index is 11.8. The van der Waals surface area contributed by atoms with Crippen LogP contribution in [0.25, 0.3) is 0 Å². The second-order valence-corrected chi connectivity index (χ2v) is 3.80. The number of amides is 1. The first kappa shape index (κ1) is 13.9. The van der Waals surface area contributed by atoms with Crippen molar-refractivity contribution in [2.75, 3.05) is 0 Å². The van der Waals surface area contributed by atoms with Gasteiger partial charge in [-0.1, -0.05) is 20.8 Å². The Balaban J connectivity index is 4.39. The molecule has 0 aliphatic carbocycles. The molecule has 1 amide bonds. The van der Waals surface area contributed by atoms with Crippen LogP contribution in [-0.4, -0.2) is 17.5 Å². The van der Waals surface area contributed by atoms with Crippen molar-refractivity contribution in [1.29, 1.82) is 5.26 Å². The quantitative estimate of drug-likeness (QED) is 0.695. The first-order valence-electron chi connectivity index (χ1n) is 5.50. The summed E-state index contributed by atoms with van der Waals surface area (Å²) in [6, 6.07) is 1.98. The highest BCUT2D eigenvalue weighted by Crippen LogP contribution is 2.12. The van der Waals surface area contributed by atoms with Crippen LogP contribution in [0.2, 0.25) is 0 Å². The molecule has 0 aliphatic heterocycles. The van der Waals surface area contributed by atoms with E-state index >= 15 is 0 Å². The van der Waals surface area contributed by atoms with Crippen LogP contribution in [0.4, 0.5) is 0 Å². The van der Waals surface area contributed by atoms with Gasteiger partial charge in [0.25, 0.3) is 0 Å². The van der Waals surface area contributed by atoms with Crippen LogP contribution in [0, 0.1) is 11.3 Å². The number of nitrogens with zero attached hydrogens (tertiary/aromatic N) is 1. The Morgan fingerprint density at radius 1 is 1.47 bits per heavy atom. The molecule has 0 bridgehead atoms. The molecule has 0 spiro atoms. The molecule has 1 atom stereocenters. The zero-order chi connectivity index (χ0) is 11.9. The van der Waals surface area contributed by atoms with Crippen LogP contribution < -0.4 is 11.1 Å². The molecule has 0 rings (SSSR count). The second kappa shape index (κ2) is 6.41. The van der Waals surface area contributed by atoms with Gasteiger partial charge in [0.1, 0.15) is 0 Å². The van der Waals surface area contributed by atoms with Gasteiger partial charge in [0.15, 0.2) is 0 Å². The van der Waals surface area contributed by atoms with Crippen molar-refractivity contribution < 1.29 is 4.79 Å². The highest BCUT2D eigenvalue weighted by molar-refractivity contribution is 5.86. The summed E-state index contributed by atoms with van der Waals surface area (Å²) in [5.41, 5.74) is 5.16. The van der Waals surface area contributed by atoms with Crippen molar-refractivity contribution in [3.8, 4) is 6.07 Å². The largest absolute Gasteiger partial charge is 0.351 e. The fourth-order valence-corrected chi connectivity index (χ4v) is 1.31. The van der Waals surface area contributed by atoms with Gasteiger partial charge in [-0.25, -0.2) is 0 Å². The molecule has 0 aromatic rings. The molecule has 0 heterocycles. The van der Waals surface area contributed by atoms with Crippen LogP contribution in [0.1, 0.15) is 46.5 Å². The SMILES string of the molecule is CCC(CC#N)NC(=O)C(N)(CC)CC. The van der Waals surface area contributed by atoms with E-state index in [4.69, 9.17) is 11.0 Å². The Bertz CT molecular complexity index is 241. The number of carbonyl (C=O) groups excluding carboxylic acids is 1. The smallest absolute Gasteiger partial charge is 0.240 e. The van der Waals surface area contributed by atoms with E-state index in [0.29, 0.717) is 19.3 Å². The van der Waals surface area contributed by atoms with E-state index in [0.717, 1.165) is 6.42 Å². The van der Waals surface area contributed by atoms with Gasteiger partial charge in [-0.3, -0.25) is 4.79 Å². The minimum Gasteiger partial charge on any atom is -0.351 e. The molecule has 15 heavy (non-hydrogen) atoms. The number of rotatable bonds is 6. The summed E-state index contributed by atoms with van der Waals surface area (Å²) in [7, 11) is 0. The molecular formula is C11H21N3O. The monoisotopic (exact) mass is 211 g/mol. The van der Waals surface area contributed by atoms with Crippen LogP contribution in [0.3, 0.4) is 0 Å². The van der Waals surface area contributed by atoms with Gasteiger partial charge in [-0.2, -0.15) is 5.26 Å². The van der Waals surface area contributed by atoms with Gasteiger partial charge in [0.2, 0.25) is 5.91 Å². The van der Waals surface area contributed by atoms with Gasteiger partial charge < -0.3 is 11.1 Å². The molecule has 0 saturated carbocycles. The molecule has 0 aromatic heterocycles. The second-order valence-electron chi connectivity index (χ2n) is 3.80. The first-order chi connectivity index (χ1) is 7.03. The molecule has 1 unspecified atom stereocenters. The Hall–Kier alpha value is -1.08. The lowest BCUT2D eigenvalue weighted by molar-refractivity contribution is -0.127. The molecule has 86 valence electrons. The summed E-state index contributed by atoms with van der Waals surface area (Å²) in [5, 5.41) is 11.4. The highest BCUT2D eigenvalue weighted by Gasteiger charge is 2.30. The standard InChI is InChI=1S/C11H21N3O/c1-4-9(7-8-12)14-10(15)11(13,5-2)6-3/h9H,4-7,13H2,1-3H3,(H,14,15). The summed E-state index contributed by atoms with van der Waals surface area (Å²) in [6.45, 7) is 5.74. The number of nitrogens with two attached hydrogens (primary N) is 1. The Kier molecular flexibility index (Phi) is 5.95. The maximum Gasteiger partial charge on any atom is 0.240 e. The summed E-state index contributed by atoms with van der Waals surface area (Å²) in [4.78, 5) is 11.8. The maximum atomic E-state index is 11.8. The summed E-state index contributed by atoms with van der Waals surface area (Å²) in [6.07, 6.45) is 2.31. The van der Waals surface area contributed by atoms with E-state index < -0.39 is 5.54 Å². The average Bonchev–Trinajstić information content (AvgIpc) is 2.27. The van der Waals surface area contributed by atoms with Gasteiger partial charge in [0, 0.05) is 6.04 Å². The topological polar surface area (TPSA) is 78.9 Å². The summed E-state index contributed by atoms with van der Waals surface area (Å²) >= 11 is 0. The van der Waals surface area contributed by atoms with Gasteiger partial charge in [-0.15, -0.1) is 0 Å². The number of nitrogens with one attached hydrogen (secondary N) is 1. The van der Waals surface area contributed by atoms with Gasteiger partial charge in [-0.05, 0) is 19.3 Å². The fourth-order valence-electron chi connectivity index (χ4n) is 1.31. The van der Waals surface area contributed by atoms with Crippen molar-refractivity contribution in [1.82, 2.24) is 5.32 Å². The zero-order valence-corrected chi connectivity index (χ0v) is 9.84. The number of carbonyl (C=O) groups is 1. The van der Waals surface area contributed by atoms with Crippen LogP contribution in [-0.2, 0) is 4.79 Å². The van der Waals surface area contributed by atoms with E-state index in [1.165, 1.54) is 0 Å². The third-order valence-corrected chi connectivity index (χ3v) is 2.88. The van der Waals surface area contributed by atoms with Gasteiger partial charge >= 0.3 is 0 Å². The highest BCUT2D eigenvalue weighted by atomic mass is 16.2. The Morgan fingerprint density at radius 2 is 2.00 bits per heavy atom. The van der Waals surface area contributed by atoms with Crippen LogP contribution in [0.15, 0.2) is 0 Å².